The third-order valence-corrected chi connectivity index (χ3v) is 6.86. The molecule has 3 fully saturated rings. The van der Waals surface area contributed by atoms with Crippen molar-refractivity contribution >= 4 is 11.8 Å². The maximum absolute atomic E-state index is 12.8. The first-order valence-corrected chi connectivity index (χ1v) is 11.5. The maximum atomic E-state index is 12.8. The van der Waals surface area contributed by atoms with Crippen molar-refractivity contribution in [1.29, 1.82) is 0 Å². The van der Waals surface area contributed by atoms with Gasteiger partial charge in [0, 0.05) is 44.7 Å². The van der Waals surface area contributed by atoms with Crippen LogP contribution in [0.25, 0.3) is 0 Å². The van der Waals surface area contributed by atoms with E-state index in [4.69, 9.17) is 4.74 Å². The SMILES string of the molecule is Cc1ccccc1CC(=O)NC[C@@H]1CC[C@H](CC(=O)N2CCOCC2)N1CC1CC1. The highest BCUT2D eigenvalue weighted by Crippen LogP contribution is 2.35. The first kappa shape index (κ1) is 21.3. The first-order chi connectivity index (χ1) is 14.6. The highest BCUT2D eigenvalue weighted by molar-refractivity contribution is 5.79. The average molecular weight is 414 g/mol. The molecule has 2 heterocycles. The monoisotopic (exact) mass is 413 g/mol. The quantitative estimate of drug-likeness (QED) is 0.709. The fraction of sp³-hybridized carbons (Fsp3) is 0.667. The van der Waals surface area contributed by atoms with Crippen LogP contribution >= 0.6 is 0 Å². The zero-order chi connectivity index (χ0) is 20.9. The molecular formula is C24H35N3O3. The zero-order valence-electron chi connectivity index (χ0n) is 18.1. The van der Waals surface area contributed by atoms with Gasteiger partial charge in [0.05, 0.1) is 19.6 Å². The van der Waals surface area contributed by atoms with Crippen molar-refractivity contribution in [3.8, 4) is 0 Å². The third-order valence-electron chi connectivity index (χ3n) is 6.86. The van der Waals surface area contributed by atoms with Crippen molar-refractivity contribution < 1.29 is 14.3 Å². The summed E-state index contributed by atoms with van der Waals surface area (Å²) in [6.45, 7) is 6.53. The highest BCUT2D eigenvalue weighted by Gasteiger charge is 2.38. The summed E-state index contributed by atoms with van der Waals surface area (Å²) in [7, 11) is 0. The summed E-state index contributed by atoms with van der Waals surface area (Å²) in [4.78, 5) is 29.8. The Labute approximate surface area is 179 Å². The summed E-state index contributed by atoms with van der Waals surface area (Å²) in [5.74, 6) is 1.12. The average Bonchev–Trinajstić information content (AvgIpc) is 3.50. The summed E-state index contributed by atoms with van der Waals surface area (Å²) in [6, 6.07) is 8.71. The molecule has 0 unspecified atom stereocenters. The van der Waals surface area contributed by atoms with Crippen LogP contribution in [-0.2, 0) is 20.7 Å². The van der Waals surface area contributed by atoms with Crippen LogP contribution in [0.2, 0.25) is 0 Å². The fourth-order valence-electron chi connectivity index (χ4n) is 4.77. The second-order valence-electron chi connectivity index (χ2n) is 9.13. The Bertz CT molecular complexity index is 743. The lowest BCUT2D eigenvalue weighted by Crippen LogP contribution is -2.47. The molecule has 2 saturated heterocycles. The molecule has 30 heavy (non-hydrogen) atoms. The molecule has 1 aliphatic carbocycles. The Morgan fingerprint density at radius 3 is 2.53 bits per heavy atom. The summed E-state index contributed by atoms with van der Waals surface area (Å²) in [6.07, 6.45) is 5.72. The van der Waals surface area contributed by atoms with Gasteiger partial charge >= 0.3 is 0 Å². The van der Waals surface area contributed by atoms with Crippen LogP contribution in [-0.4, -0.2) is 73.1 Å². The second kappa shape index (κ2) is 9.92. The minimum Gasteiger partial charge on any atom is -0.378 e. The molecule has 2 aliphatic heterocycles. The minimum absolute atomic E-state index is 0.0866. The van der Waals surface area contributed by atoms with Gasteiger partial charge in [-0.25, -0.2) is 0 Å². The van der Waals surface area contributed by atoms with Crippen molar-refractivity contribution in [2.45, 2.75) is 57.5 Å². The summed E-state index contributed by atoms with van der Waals surface area (Å²) >= 11 is 0. The van der Waals surface area contributed by atoms with E-state index in [0.29, 0.717) is 57.8 Å². The van der Waals surface area contributed by atoms with Gasteiger partial charge in [-0.2, -0.15) is 0 Å². The molecule has 1 saturated carbocycles. The van der Waals surface area contributed by atoms with Crippen LogP contribution in [0, 0.1) is 12.8 Å². The number of carbonyl (C=O) groups is 2. The number of aryl methyl sites for hydroxylation is 1. The predicted octanol–water partition coefficient (Wildman–Crippen LogP) is 2.15. The molecule has 6 heteroatoms. The molecule has 0 spiro atoms. The van der Waals surface area contributed by atoms with Crippen molar-refractivity contribution in [1.82, 2.24) is 15.1 Å². The Kier molecular flexibility index (Phi) is 7.05. The van der Waals surface area contributed by atoms with Gasteiger partial charge in [-0.1, -0.05) is 24.3 Å². The third kappa shape index (κ3) is 5.61. The van der Waals surface area contributed by atoms with Gasteiger partial charge < -0.3 is 15.0 Å². The number of benzene rings is 1. The molecule has 1 aromatic rings. The van der Waals surface area contributed by atoms with Crippen LogP contribution in [0.1, 0.15) is 43.2 Å². The topological polar surface area (TPSA) is 61.9 Å². The van der Waals surface area contributed by atoms with E-state index in [9.17, 15) is 9.59 Å². The lowest BCUT2D eigenvalue weighted by Gasteiger charge is -2.33. The predicted molar refractivity (Wildman–Crippen MR) is 116 cm³/mol. The van der Waals surface area contributed by atoms with Crippen LogP contribution < -0.4 is 5.32 Å². The van der Waals surface area contributed by atoms with Crippen molar-refractivity contribution in [2.75, 3.05) is 39.4 Å². The largest absolute Gasteiger partial charge is 0.378 e. The van der Waals surface area contributed by atoms with Gasteiger partial charge in [0.2, 0.25) is 11.8 Å². The van der Waals surface area contributed by atoms with E-state index < -0.39 is 0 Å². The number of nitrogens with one attached hydrogen (secondary N) is 1. The molecule has 1 aromatic carbocycles. The number of likely N-dealkylation sites (tertiary alicyclic amines) is 1. The smallest absolute Gasteiger partial charge is 0.224 e. The molecule has 0 radical (unpaired) electrons. The van der Waals surface area contributed by atoms with Crippen LogP contribution in [0.3, 0.4) is 0 Å². The summed E-state index contributed by atoms with van der Waals surface area (Å²) in [5, 5.41) is 3.17. The molecule has 6 nitrogen and oxygen atoms in total. The van der Waals surface area contributed by atoms with Crippen LogP contribution in [0.15, 0.2) is 24.3 Å². The Hall–Kier alpha value is -1.92. The number of hydrogen-bond donors (Lipinski definition) is 1. The van der Waals surface area contributed by atoms with E-state index in [1.54, 1.807) is 0 Å². The molecule has 0 aromatic heterocycles. The molecule has 164 valence electrons. The minimum atomic E-state index is 0.0866. The number of carbonyl (C=O) groups excluding carboxylic acids is 2. The number of morpholine rings is 1. The van der Waals surface area contributed by atoms with E-state index in [2.05, 4.69) is 10.2 Å². The number of amides is 2. The van der Waals surface area contributed by atoms with Crippen molar-refractivity contribution in [3.63, 3.8) is 0 Å². The lowest BCUT2D eigenvalue weighted by atomic mass is 10.1. The van der Waals surface area contributed by atoms with Gasteiger partial charge in [-0.15, -0.1) is 0 Å². The van der Waals surface area contributed by atoms with Gasteiger partial charge in [-0.3, -0.25) is 14.5 Å². The van der Waals surface area contributed by atoms with Gasteiger partial charge in [0.15, 0.2) is 0 Å². The summed E-state index contributed by atoms with van der Waals surface area (Å²) in [5.41, 5.74) is 2.25. The number of rotatable bonds is 8. The molecule has 3 aliphatic rings. The summed E-state index contributed by atoms with van der Waals surface area (Å²) < 4.78 is 5.38. The standard InChI is InChI=1S/C24H35N3O3/c1-18-4-2-3-5-20(18)14-23(28)25-16-22-9-8-21(27(22)17-19-6-7-19)15-24(29)26-10-12-30-13-11-26/h2-5,19,21-22H,6-17H2,1H3,(H,25,28)/t21-,22+/m1/s1. The van der Waals surface area contributed by atoms with Gasteiger partial charge in [0.25, 0.3) is 0 Å². The molecule has 2 atom stereocenters. The molecular weight excluding hydrogens is 378 g/mol. The van der Waals surface area contributed by atoms with Crippen molar-refractivity contribution in [3.05, 3.63) is 35.4 Å². The zero-order valence-corrected chi connectivity index (χ0v) is 18.1. The lowest BCUT2D eigenvalue weighted by molar-refractivity contribution is -0.136. The van der Waals surface area contributed by atoms with E-state index in [-0.39, 0.29) is 11.8 Å². The Morgan fingerprint density at radius 1 is 1.07 bits per heavy atom. The Balaban J connectivity index is 1.30. The molecule has 4 rings (SSSR count). The number of ether oxygens (including phenoxy) is 1. The number of nitrogens with zero attached hydrogens (tertiary/aromatic N) is 2. The highest BCUT2D eigenvalue weighted by atomic mass is 16.5. The second-order valence-corrected chi connectivity index (χ2v) is 9.13. The van der Waals surface area contributed by atoms with Crippen LogP contribution in [0.4, 0.5) is 0 Å². The van der Waals surface area contributed by atoms with Gasteiger partial charge in [-0.05, 0) is 49.7 Å². The fourth-order valence-corrected chi connectivity index (χ4v) is 4.77. The normalized spacial score (nSPS) is 24.8. The van der Waals surface area contributed by atoms with Gasteiger partial charge in [0.1, 0.15) is 0 Å². The first-order valence-electron chi connectivity index (χ1n) is 11.5. The van der Waals surface area contributed by atoms with E-state index >= 15 is 0 Å². The Morgan fingerprint density at radius 2 is 1.80 bits per heavy atom. The van der Waals surface area contributed by atoms with E-state index in [1.165, 1.54) is 12.8 Å². The molecule has 1 N–H and O–H groups in total. The van der Waals surface area contributed by atoms with Crippen molar-refractivity contribution in [2.24, 2.45) is 5.92 Å². The van der Waals surface area contributed by atoms with E-state index in [1.807, 2.05) is 36.1 Å². The maximum Gasteiger partial charge on any atom is 0.224 e. The number of hydrogen-bond acceptors (Lipinski definition) is 4. The molecule has 0 bridgehead atoms. The molecule has 2 amide bonds. The van der Waals surface area contributed by atoms with Crippen LogP contribution in [0.5, 0.6) is 0 Å². The van der Waals surface area contributed by atoms with E-state index in [0.717, 1.165) is 36.4 Å².